The van der Waals surface area contributed by atoms with Gasteiger partial charge in [-0.25, -0.2) is 0 Å². The zero-order valence-corrected chi connectivity index (χ0v) is 11.3. The van der Waals surface area contributed by atoms with Gasteiger partial charge in [0.1, 0.15) is 5.92 Å². The van der Waals surface area contributed by atoms with Gasteiger partial charge in [-0.3, -0.25) is 9.59 Å². The van der Waals surface area contributed by atoms with Crippen LogP contribution in [-0.4, -0.2) is 18.9 Å². The van der Waals surface area contributed by atoms with Crippen molar-refractivity contribution in [2.24, 2.45) is 11.8 Å². The fraction of sp³-hybridized carbons (Fsp3) is 0.294. The fourth-order valence-electron chi connectivity index (χ4n) is 2.68. The van der Waals surface area contributed by atoms with Crippen LogP contribution in [0.1, 0.15) is 23.2 Å². The van der Waals surface area contributed by atoms with Gasteiger partial charge in [-0.2, -0.15) is 0 Å². The van der Waals surface area contributed by atoms with Crippen LogP contribution < -0.4 is 0 Å². The Balaban J connectivity index is 2.05. The highest BCUT2D eigenvalue weighted by Crippen LogP contribution is 2.39. The smallest absolute Gasteiger partial charge is 0.316 e. The van der Waals surface area contributed by atoms with E-state index < -0.39 is 11.9 Å². The molecular formula is C17H16O3. The minimum Gasteiger partial charge on any atom is -0.468 e. The number of carbonyl (C=O) groups is 2. The lowest BCUT2D eigenvalue weighted by atomic mass is 9.90. The van der Waals surface area contributed by atoms with Crippen LogP contribution >= 0.6 is 0 Å². The number of hydrogen-bond donors (Lipinski definition) is 0. The second-order valence-corrected chi connectivity index (χ2v) is 5.23. The number of methoxy groups -OCH3 is 1. The van der Waals surface area contributed by atoms with Gasteiger partial charge in [0.15, 0.2) is 5.78 Å². The van der Waals surface area contributed by atoms with Gasteiger partial charge in [0, 0.05) is 5.56 Å². The van der Waals surface area contributed by atoms with E-state index in [4.69, 9.17) is 4.74 Å². The Morgan fingerprint density at radius 2 is 1.80 bits per heavy atom. The quantitative estimate of drug-likeness (QED) is 0.486. The molecule has 0 radical (unpaired) electrons. The molecule has 102 valence electrons. The number of Topliss-reactive ketones (excluding diaryl/α,β-unsaturated/α-hetero) is 1. The Morgan fingerprint density at radius 3 is 2.50 bits per heavy atom. The monoisotopic (exact) mass is 268 g/mol. The third-order valence-corrected chi connectivity index (χ3v) is 3.89. The summed E-state index contributed by atoms with van der Waals surface area (Å²) in [5.74, 6) is -1.03. The van der Waals surface area contributed by atoms with Crippen molar-refractivity contribution in [1.29, 1.82) is 0 Å². The van der Waals surface area contributed by atoms with Gasteiger partial charge in [-0.15, -0.1) is 0 Å². The summed E-state index contributed by atoms with van der Waals surface area (Å²) in [5.41, 5.74) is 0.616. The normalized spacial score (nSPS) is 15.8. The molecule has 1 unspecified atom stereocenters. The molecule has 0 amide bonds. The first-order chi connectivity index (χ1) is 9.72. The number of esters is 1. The van der Waals surface area contributed by atoms with Crippen LogP contribution in [-0.2, 0) is 9.53 Å². The van der Waals surface area contributed by atoms with E-state index in [0.29, 0.717) is 5.56 Å². The molecule has 0 spiro atoms. The lowest BCUT2D eigenvalue weighted by Gasteiger charge is -2.14. The van der Waals surface area contributed by atoms with Gasteiger partial charge < -0.3 is 4.74 Å². The van der Waals surface area contributed by atoms with Gasteiger partial charge in [0.25, 0.3) is 0 Å². The molecule has 3 heteroatoms. The molecule has 1 aliphatic carbocycles. The second kappa shape index (κ2) is 5.08. The van der Waals surface area contributed by atoms with Crippen LogP contribution in [0.2, 0.25) is 0 Å². The molecule has 0 aromatic heterocycles. The van der Waals surface area contributed by atoms with E-state index in [1.54, 1.807) is 6.07 Å². The maximum Gasteiger partial charge on any atom is 0.316 e. The minimum atomic E-state index is -0.647. The number of rotatable bonds is 4. The van der Waals surface area contributed by atoms with Crippen molar-refractivity contribution in [3.63, 3.8) is 0 Å². The molecule has 2 aromatic rings. The number of fused-ring (bicyclic) bond motifs is 1. The molecule has 0 aliphatic heterocycles. The van der Waals surface area contributed by atoms with Crippen molar-refractivity contribution < 1.29 is 14.3 Å². The summed E-state index contributed by atoms with van der Waals surface area (Å²) >= 11 is 0. The first-order valence-corrected chi connectivity index (χ1v) is 6.82. The lowest BCUT2D eigenvalue weighted by Crippen LogP contribution is -2.27. The van der Waals surface area contributed by atoms with E-state index in [0.717, 1.165) is 23.6 Å². The highest BCUT2D eigenvalue weighted by atomic mass is 16.5. The van der Waals surface area contributed by atoms with Crippen molar-refractivity contribution in [2.75, 3.05) is 7.11 Å². The molecule has 2 aromatic carbocycles. The maximum atomic E-state index is 12.7. The third kappa shape index (κ3) is 2.20. The predicted octanol–water partition coefficient (Wildman–Crippen LogP) is 3.22. The fourth-order valence-corrected chi connectivity index (χ4v) is 2.68. The number of hydrogen-bond acceptors (Lipinski definition) is 3. The summed E-state index contributed by atoms with van der Waals surface area (Å²) in [7, 11) is 1.34. The zero-order chi connectivity index (χ0) is 14.1. The summed E-state index contributed by atoms with van der Waals surface area (Å²) in [6.45, 7) is 0. The van der Waals surface area contributed by atoms with Gasteiger partial charge in [-0.1, -0.05) is 42.5 Å². The van der Waals surface area contributed by atoms with Gasteiger partial charge in [0.05, 0.1) is 7.11 Å². The number of ether oxygens (including phenoxy) is 1. The average molecular weight is 268 g/mol. The zero-order valence-electron chi connectivity index (χ0n) is 11.3. The standard InChI is InChI=1S/C17H16O3/c1-20-17(19)15(12-9-10-12)16(18)14-8-4-6-11-5-2-3-7-13(11)14/h2-8,12,15H,9-10H2,1H3. The van der Waals surface area contributed by atoms with E-state index in [-0.39, 0.29) is 11.7 Å². The largest absolute Gasteiger partial charge is 0.468 e. The third-order valence-electron chi connectivity index (χ3n) is 3.89. The SMILES string of the molecule is COC(=O)C(C(=O)c1cccc2ccccc12)C1CC1. The van der Waals surface area contributed by atoms with Crippen molar-refractivity contribution in [3.8, 4) is 0 Å². The second-order valence-electron chi connectivity index (χ2n) is 5.23. The number of ketones is 1. The lowest BCUT2D eigenvalue weighted by molar-refractivity contribution is -0.144. The Bertz CT molecular complexity index is 665. The van der Waals surface area contributed by atoms with E-state index in [9.17, 15) is 9.59 Å². The average Bonchev–Trinajstić information content (AvgIpc) is 3.31. The Kier molecular flexibility index (Phi) is 3.26. The summed E-state index contributed by atoms with van der Waals surface area (Å²) < 4.78 is 4.81. The van der Waals surface area contributed by atoms with Gasteiger partial charge in [0.2, 0.25) is 0 Å². The van der Waals surface area contributed by atoms with Crippen LogP contribution in [0, 0.1) is 11.8 Å². The molecule has 3 nitrogen and oxygen atoms in total. The molecular weight excluding hydrogens is 252 g/mol. The summed E-state index contributed by atoms with van der Waals surface area (Å²) in [4.78, 5) is 24.6. The van der Waals surface area contributed by atoms with Gasteiger partial charge >= 0.3 is 5.97 Å². The molecule has 20 heavy (non-hydrogen) atoms. The summed E-state index contributed by atoms with van der Waals surface area (Å²) in [5, 5.41) is 1.91. The number of benzene rings is 2. The van der Waals surface area contributed by atoms with Crippen LogP contribution in [0.4, 0.5) is 0 Å². The van der Waals surface area contributed by atoms with E-state index in [1.807, 2.05) is 36.4 Å². The van der Waals surface area contributed by atoms with E-state index >= 15 is 0 Å². The van der Waals surface area contributed by atoms with Crippen molar-refractivity contribution in [3.05, 3.63) is 48.0 Å². The van der Waals surface area contributed by atoms with Crippen LogP contribution in [0.15, 0.2) is 42.5 Å². The molecule has 0 N–H and O–H groups in total. The highest BCUT2D eigenvalue weighted by molar-refractivity contribution is 6.15. The molecule has 1 aliphatic rings. The molecule has 0 saturated heterocycles. The molecule has 3 rings (SSSR count). The van der Waals surface area contributed by atoms with Crippen LogP contribution in [0.5, 0.6) is 0 Å². The van der Waals surface area contributed by atoms with Crippen molar-refractivity contribution >= 4 is 22.5 Å². The summed E-state index contributed by atoms with van der Waals surface area (Å²) in [6.07, 6.45) is 1.85. The maximum absolute atomic E-state index is 12.7. The Morgan fingerprint density at radius 1 is 1.10 bits per heavy atom. The molecule has 0 bridgehead atoms. The first kappa shape index (κ1) is 12.9. The van der Waals surface area contributed by atoms with Crippen LogP contribution in [0.3, 0.4) is 0 Å². The van der Waals surface area contributed by atoms with E-state index in [2.05, 4.69) is 0 Å². The molecule has 0 heterocycles. The Labute approximate surface area is 117 Å². The van der Waals surface area contributed by atoms with Crippen molar-refractivity contribution in [2.45, 2.75) is 12.8 Å². The Hall–Kier alpha value is -2.16. The summed E-state index contributed by atoms with van der Waals surface area (Å²) in [6, 6.07) is 13.4. The predicted molar refractivity (Wildman–Crippen MR) is 76.5 cm³/mol. The van der Waals surface area contributed by atoms with Crippen LogP contribution in [0.25, 0.3) is 10.8 Å². The molecule has 1 fully saturated rings. The van der Waals surface area contributed by atoms with E-state index in [1.165, 1.54) is 7.11 Å². The van der Waals surface area contributed by atoms with Gasteiger partial charge in [-0.05, 0) is 29.5 Å². The minimum absolute atomic E-state index is 0.115. The van der Waals surface area contributed by atoms with Crippen molar-refractivity contribution in [1.82, 2.24) is 0 Å². The molecule has 1 atom stereocenters. The highest BCUT2D eigenvalue weighted by Gasteiger charge is 2.42. The number of carbonyl (C=O) groups excluding carboxylic acids is 2. The molecule has 1 saturated carbocycles. The first-order valence-electron chi connectivity index (χ1n) is 6.82. The topological polar surface area (TPSA) is 43.4 Å².